The lowest BCUT2D eigenvalue weighted by Gasteiger charge is -2.52. The largest absolute Gasteiger partial charge is 0.348 e. The van der Waals surface area contributed by atoms with E-state index in [0.29, 0.717) is 19.0 Å². The molecule has 0 radical (unpaired) electrons. The molecule has 9 heteroatoms. The molecule has 0 aromatic carbocycles. The minimum Gasteiger partial charge on any atom is -0.348 e. The van der Waals surface area contributed by atoms with Gasteiger partial charge in [-0.1, -0.05) is 6.42 Å². The topological polar surface area (TPSA) is 81.3 Å². The van der Waals surface area contributed by atoms with Crippen LogP contribution >= 0.6 is 24.8 Å². The number of hydrogen-bond donors (Lipinski definition) is 2. The molecule has 1 unspecified atom stereocenters. The van der Waals surface area contributed by atoms with Crippen LogP contribution in [0.4, 0.5) is 0 Å². The third kappa shape index (κ3) is 3.66. The summed E-state index contributed by atoms with van der Waals surface area (Å²) in [7, 11) is 0. The van der Waals surface area contributed by atoms with Gasteiger partial charge in [0.25, 0.3) is 0 Å². The minimum atomic E-state index is -0.333. The van der Waals surface area contributed by atoms with E-state index >= 15 is 0 Å². The van der Waals surface area contributed by atoms with Gasteiger partial charge in [0.15, 0.2) is 0 Å². The third-order valence-electron chi connectivity index (χ3n) is 7.24. The van der Waals surface area contributed by atoms with E-state index in [1.54, 1.807) is 6.33 Å². The van der Waals surface area contributed by atoms with Crippen molar-refractivity contribution in [3.05, 3.63) is 17.7 Å². The molecule has 3 fully saturated rings. The number of fused-ring (bicyclic) bond motifs is 2. The van der Waals surface area contributed by atoms with E-state index in [-0.39, 0.29) is 48.2 Å². The van der Waals surface area contributed by atoms with Gasteiger partial charge in [0, 0.05) is 37.7 Å². The first-order valence-corrected chi connectivity index (χ1v) is 10.6. The molecule has 1 saturated carbocycles. The first kappa shape index (κ1) is 22.4. The fourth-order valence-corrected chi connectivity index (χ4v) is 5.39. The van der Waals surface area contributed by atoms with Crippen molar-refractivity contribution in [2.45, 2.75) is 62.9 Å². The van der Waals surface area contributed by atoms with Gasteiger partial charge in [-0.2, -0.15) is 0 Å². The first-order valence-electron chi connectivity index (χ1n) is 10.6. The number of imidazole rings is 1. The molecule has 1 aromatic rings. The zero-order valence-electron chi connectivity index (χ0n) is 16.7. The number of amides is 2. The van der Waals surface area contributed by atoms with Crippen molar-refractivity contribution in [2.75, 3.05) is 26.2 Å². The van der Waals surface area contributed by atoms with Crippen molar-refractivity contribution in [1.29, 1.82) is 0 Å². The first-order chi connectivity index (χ1) is 13.2. The number of halogens is 2. The summed E-state index contributed by atoms with van der Waals surface area (Å²) < 4.78 is 0. The van der Waals surface area contributed by atoms with Crippen molar-refractivity contribution < 1.29 is 9.59 Å². The molecule has 4 aliphatic rings. The highest BCUT2D eigenvalue weighted by Gasteiger charge is 2.50. The summed E-state index contributed by atoms with van der Waals surface area (Å²) in [5, 5.41) is 3.32. The molecule has 4 heterocycles. The molecular weight excluding hydrogens is 413 g/mol. The van der Waals surface area contributed by atoms with Crippen molar-refractivity contribution in [3.63, 3.8) is 0 Å². The van der Waals surface area contributed by atoms with E-state index < -0.39 is 0 Å². The van der Waals surface area contributed by atoms with Crippen LogP contribution in [0.2, 0.25) is 0 Å². The second kappa shape index (κ2) is 8.82. The van der Waals surface area contributed by atoms with Crippen LogP contribution in [0, 0.1) is 5.92 Å². The lowest BCUT2D eigenvalue weighted by Crippen LogP contribution is -2.61. The quantitative estimate of drug-likeness (QED) is 0.732. The lowest BCUT2D eigenvalue weighted by molar-refractivity contribution is -0.151. The fourth-order valence-electron chi connectivity index (χ4n) is 5.39. The highest BCUT2D eigenvalue weighted by molar-refractivity contribution is 5.85. The van der Waals surface area contributed by atoms with Crippen molar-refractivity contribution in [3.8, 4) is 0 Å². The molecule has 1 atom stereocenters. The molecule has 5 rings (SSSR count). The summed E-state index contributed by atoms with van der Waals surface area (Å²) in [5.41, 5.74) is 1.89. The average molecular weight is 444 g/mol. The Labute approximate surface area is 184 Å². The smallest absolute Gasteiger partial charge is 0.239 e. The maximum Gasteiger partial charge on any atom is 0.239 e. The molecule has 0 bridgehead atoms. The molecule has 1 aromatic heterocycles. The average Bonchev–Trinajstić information content (AvgIpc) is 3.33. The van der Waals surface area contributed by atoms with Gasteiger partial charge in [-0.25, -0.2) is 4.98 Å². The number of nitrogens with zero attached hydrogens (tertiary/aromatic N) is 3. The van der Waals surface area contributed by atoms with Crippen molar-refractivity contribution >= 4 is 36.6 Å². The molecule has 162 valence electrons. The van der Waals surface area contributed by atoms with E-state index in [4.69, 9.17) is 0 Å². The molecule has 2 N–H and O–H groups in total. The Hall–Kier alpha value is -1.31. The Morgan fingerprint density at radius 3 is 2.41 bits per heavy atom. The van der Waals surface area contributed by atoms with Crippen LogP contribution in [0.5, 0.6) is 0 Å². The fraction of sp³-hybridized carbons (Fsp3) is 0.750. The number of H-pyrrole nitrogens is 1. The van der Waals surface area contributed by atoms with Gasteiger partial charge in [0.05, 0.1) is 23.6 Å². The molecule has 1 aliphatic carbocycles. The summed E-state index contributed by atoms with van der Waals surface area (Å²) in [6.07, 6.45) is 9.44. The molecule has 3 aliphatic heterocycles. The van der Waals surface area contributed by atoms with Gasteiger partial charge in [0.1, 0.15) is 0 Å². The van der Waals surface area contributed by atoms with Gasteiger partial charge in [-0.3, -0.25) is 9.59 Å². The summed E-state index contributed by atoms with van der Waals surface area (Å²) in [5.74, 6) is 0.745. The van der Waals surface area contributed by atoms with Crippen LogP contribution in [-0.2, 0) is 21.5 Å². The molecule has 1 spiro atoms. The van der Waals surface area contributed by atoms with Gasteiger partial charge in [-0.05, 0) is 45.1 Å². The van der Waals surface area contributed by atoms with E-state index in [1.165, 1.54) is 12.1 Å². The lowest BCUT2D eigenvalue weighted by atomic mass is 9.76. The van der Waals surface area contributed by atoms with Crippen LogP contribution in [0.3, 0.4) is 0 Å². The maximum atomic E-state index is 13.2. The van der Waals surface area contributed by atoms with Crippen molar-refractivity contribution in [1.82, 2.24) is 25.1 Å². The Bertz CT molecular complexity index is 737. The Morgan fingerprint density at radius 1 is 1.03 bits per heavy atom. The number of hydrogen-bond acceptors (Lipinski definition) is 4. The second-order valence-corrected chi connectivity index (χ2v) is 8.60. The standard InChI is InChI=1S/C20H29N5O2.2ClH/c26-18(14-3-1-4-14)25-10-6-15-17(23-13-22-15)20(25)7-11-24(12-8-20)19(27)16-5-2-9-21-16;;/h13-14,16,21H,1-12H2,(H,22,23);2*1H. The van der Waals surface area contributed by atoms with Crippen LogP contribution in [-0.4, -0.2) is 63.8 Å². The second-order valence-electron chi connectivity index (χ2n) is 8.60. The number of aromatic nitrogens is 2. The Kier molecular flexibility index (Phi) is 6.81. The number of likely N-dealkylation sites (tertiary alicyclic amines) is 1. The zero-order chi connectivity index (χ0) is 18.4. The van der Waals surface area contributed by atoms with E-state index in [2.05, 4.69) is 20.2 Å². The van der Waals surface area contributed by atoms with E-state index in [1.807, 2.05) is 4.90 Å². The number of carbonyl (C=O) groups is 2. The van der Waals surface area contributed by atoms with Gasteiger partial charge >= 0.3 is 0 Å². The third-order valence-corrected chi connectivity index (χ3v) is 7.24. The predicted octanol–water partition coefficient (Wildman–Crippen LogP) is 2.01. The van der Waals surface area contributed by atoms with Crippen LogP contribution in [0.1, 0.15) is 56.3 Å². The maximum absolute atomic E-state index is 13.2. The van der Waals surface area contributed by atoms with E-state index in [0.717, 1.165) is 63.7 Å². The monoisotopic (exact) mass is 443 g/mol. The summed E-state index contributed by atoms with van der Waals surface area (Å²) in [6, 6.07) is -0.0148. The number of rotatable bonds is 2. The normalized spacial score (nSPS) is 25.6. The number of nitrogens with one attached hydrogen (secondary N) is 2. The van der Waals surface area contributed by atoms with Gasteiger partial charge in [0.2, 0.25) is 11.8 Å². The van der Waals surface area contributed by atoms with Gasteiger partial charge < -0.3 is 20.1 Å². The van der Waals surface area contributed by atoms with Crippen LogP contribution < -0.4 is 5.32 Å². The Balaban J connectivity index is 0.00000120. The molecule has 7 nitrogen and oxygen atoms in total. The Morgan fingerprint density at radius 2 is 1.79 bits per heavy atom. The number of aromatic amines is 1. The number of piperidine rings is 1. The van der Waals surface area contributed by atoms with Crippen molar-refractivity contribution in [2.24, 2.45) is 5.92 Å². The number of carbonyl (C=O) groups excluding carboxylic acids is 2. The predicted molar refractivity (Wildman–Crippen MR) is 114 cm³/mol. The summed E-state index contributed by atoms with van der Waals surface area (Å²) in [4.78, 5) is 38.1. The molecular formula is C20H31Cl2N5O2. The molecule has 29 heavy (non-hydrogen) atoms. The van der Waals surface area contributed by atoms with Crippen LogP contribution in [0.25, 0.3) is 0 Å². The van der Waals surface area contributed by atoms with Gasteiger partial charge in [-0.15, -0.1) is 24.8 Å². The summed E-state index contributed by atoms with van der Waals surface area (Å²) >= 11 is 0. The highest BCUT2D eigenvalue weighted by atomic mass is 35.5. The van der Waals surface area contributed by atoms with Crippen LogP contribution in [0.15, 0.2) is 6.33 Å². The highest BCUT2D eigenvalue weighted by Crippen LogP contribution is 2.44. The molecule has 2 amide bonds. The zero-order valence-corrected chi connectivity index (χ0v) is 18.3. The van der Waals surface area contributed by atoms with E-state index in [9.17, 15) is 9.59 Å². The SMILES string of the molecule is Cl.Cl.O=C(C1CCCN1)N1CCC2(CC1)c1nc[nH]c1CCN2C(=O)C1CCC1. The molecule has 2 saturated heterocycles. The minimum absolute atomic E-state index is 0. The summed E-state index contributed by atoms with van der Waals surface area (Å²) in [6.45, 7) is 3.12.